The maximum Gasteiger partial charge on any atom is 0.218 e. The van der Waals surface area contributed by atoms with E-state index < -0.39 is 0 Å². The predicted octanol–water partition coefficient (Wildman–Crippen LogP) is 5.49. The number of carbonyl (C=O) groups excluding carboxylic acids is 1. The molecule has 1 heterocycles. The number of amides is 1. The van der Waals surface area contributed by atoms with Gasteiger partial charge in [-0.2, -0.15) is 0 Å². The Hall–Kier alpha value is -3.11. The highest BCUT2D eigenvalue weighted by molar-refractivity contribution is 6.30. The molecule has 4 rings (SSSR count). The first kappa shape index (κ1) is 19.2. The molecule has 0 radical (unpaired) electrons. The molecule has 3 aromatic carbocycles. The van der Waals surface area contributed by atoms with Gasteiger partial charge >= 0.3 is 0 Å². The summed E-state index contributed by atoms with van der Waals surface area (Å²) in [6.07, 6.45) is 2.24. The first-order valence-electron chi connectivity index (χ1n) is 9.37. The Labute approximate surface area is 173 Å². The van der Waals surface area contributed by atoms with Crippen LogP contribution in [0.15, 0.2) is 79.0 Å². The van der Waals surface area contributed by atoms with Crippen molar-refractivity contribution in [3.63, 3.8) is 0 Å². The Morgan fingerprint density at radius 2 is 1.79 bits per heavy atom. The highest BCUT2D eigenvalue weighted by Crippen LogP contribution is 2.35. The molecule has 3 nitrogen and oxygen atoms in total. The standard InChI is InChI=1S/C24H20ClFN2O/c25-18-5-3-4-17(12-18)21(13-24(27)29)22-15-28(23-7-2-1-6-20(22)23)14-16-8-10-19(26)11-9-16/h1-12,15,21H,13-14H2,(H2,27,29)/t21-/m0/s1. The van der Waals surface area contributed by atoms with Gasteiger partial charge in [0.25, 0.3) is 0 Å². The molecule has 29 heavy (non-hydrogen) atoms. The van der Waals surface area contributed by atoms with Gasteiger partial charge in [0, 0.05) is 41.0 Å². The fraction of sp³-hybridized carbons (Fsp3) is 0.125. The van der Waals surface area contributed by atoms with E-state index in [1.807, 2.05) is 48.5 Å². The van der Waals surface area contributed by atoms with E-state index in [9.17, 15) is 9.18 Å². The number of benzene rings is 3. The van der Waals surface area contributed by atoms with E-state index in [1.54, 1.807) is 12.1 Å². The number of primary amides is 1. The second kappa shape index (κ2) is 8.10. The van der Waals surface area contributed by atoms with Crippen LogP contribution in [0.25, 0.3) is 10.9 Å². The fourth-order valence-electron chi connectivity index (χ4n) is 3.80. The average Bonchev–Trinajstić information content (AvgIpc) is 3.06. The summed E-state index contributed by atoms with van der Waals surface area (Å²) in [5.74, 6) is -0.829. The molecule has 0 aliphatic carbocycles. The summed E-state index contributed by atoms with van der Waals surface area (Å²) in [7, 11) is 0. The molecule has 0 aliphatic heterocycles. The molecule has 5 heteroatoms. The Kier molecular flexibility index (Phi) is 5.36. The van der Waals surface area contributed by atoms with Crippen LogP contribution in [-0.4, -0.2) is 10.5 Å². The van der Waals surface area contributed by atoms with Crippen LogP contribution in [0, 0.1) is 5.82 Å². The van der Waals surface area contributed by atoms with Crippen LogP contribution in [0.2, 0.25) is 5.02 Å². The maximum atomic E-state index is 13.3. The third kappa shape index (κ3) is 4.17. The van der Waals surface area contributed by atoms with Gasteiger partial charge < -0.3 is 10.3 Å². The number of hydrogen-bond donors (Lipinski definition) is 1. The van der Waals surface area contributed by atoms with Gasteiger partial charge in [-0.3, -0.25) is 4.79 Å². The first-order chi connectivity index (χ1) is 14.0. The van der Waals surface area contributed by atoms with Crippen molar-refractivity contribution < 1.29 is 9.18 Å². The molecule has 0 bridgehead atoms. The van der Waals surface area contributed by atoms with Crippen LogP contribution in [0.1, 0.15) is 29.0 Å². The lowest BCUT2D eigenvalue weighted by Gasteiger charge is -2.16. The Morgan fingerprint density at radius 3 is 2.52 bits per heavy atom. The first-order valence-corrected chi connectivity index (χ1v) is 9.75. The number of halogens is 2. The summed E-state index contributed by atoms with van der Waals surface area (Å²) in [5, 5.41) is 1.67. The van der Waals surface area contributed by atoms with Crippen LogP contribution < -0.4 is 5.73 Å². The fourth-order valence-corrected chi connectivity index (χ4v) is 4.00. The molecule has 0 spiro atoms. The molecule has 0 saturated carbocycles. The lowest BCUT2D eigenvalue weighted by Crippen LogP contribution is -2.16. The minimum atomic E-state index is -0.370. The van der Waals surface area contributed by atoms with E-state index in [4.69, 9.17) is 17.3 Å². The summed E-state index contributed by atoms with van der Waals surface area (Å²) >= 11 is 6.20. The van der Waals surface area contributed by atoms with E-state index >= 15 is 0 Å². The van der Waals surface area contributed by atoms with Crippen molar-refractivity contribution in [2.45, 2.75) is 18.9 Å². The van der Waals surface area contributed by atoms with Gasteiger partial charge in [0.05, 0.1) is 0 Å². The molecule has 0 aliphatic rings. The van der Waals surface area contributed by atoms with Crippen molar-refractivity contribution >= 4 is 28.4 Å². The van der Waals surface area contributed by atoms with Gasteiger partial charge in [0.1, 0.15) is 5.82 Å². The summed E-state index contributed by atoms with van der Waals surface area (Å²) in [6.45, 7) is 0.597. The zero-order valence-corrected chi connectivity index (χ0v) is 16.4. The average molecular weight is 407 g/mol. The molecular weight excluding hydrogens is 387 g/mol. The largest absolute Gasteiger partial charge is 0.370 e. The smallest absolute Gasteiger partial charge is 0.218 e. The Bertz CT molecular complexity index is 1170. The van der Waals surface area contributed by atoms with Gasteiger partial charge in [-0.05, 0) is 47.0 Å². The summed E-state index contributed by atoms with van der Waals surface area (Å²) in [5.41, 5.74) is 9.58. The van der Waals surface area contributed by atoms with E-state index in [0.29, 0.717) is 11.6 Å². The molecule has 0 saturated heterocycles. The number of carbonyl (C=O) groups is 1. The number of nitrogens with zero attached hydrogens (tertiary/aromatic N) is 1. The van der Waals surface area contributed by atoms with Gasteiger partial charge in [-0.15, -0.1) is 0 Å². The number of aromatic nitrogens is 1. The summed E-state index contributed by atoms with van der Waals surface area (Å²) in [6, 6.07) is 22.1. The molecule has 2 N–H and O–H groups in total. The maximum absolute atomic E-state index is 13.3. The zero-order valence-electron chi connectivity index (χ0n) is 15.7. The van der Waals surface area contributed by atoms with E-state index in [0.717, 1.165) is 27.6 Å². The number of fused-ring (bicyclic) bond motifs is 1. The minimum absolute atomic E-state index is 0.185. The third-order valence-corrected chi connectivity index (χ3v) is 5.35. The lowest BCUT2D eigenvalue weighted by molar-refractivity contribution is -0.118. The van der Waals surface area contributed by atoms with Crippen molar-refractivity contribution in [3.05, 3.63) is 107 Å². The molecular formula is C24H20ClFN2O. The number of rotatable bonds is 6. The highest BCUT2D eigenvalue weighted by atomic mass is 35.5. The van der Waals surface area contributed by atoms with Gasteiger partial charge in [-0.25, -0.2) is 4.39 Å². The number of para-hydroxylation sites is 1. The molecule has 0 unspecified atom stereocenters. The second-order valence-corrected chi connectivity index (χ2v) is 7.57. The van der Waals surface area contributed by atoms with E-state index in [2.05, 4.69) is 10.8 Å². The van der Waals surface area contributed by atoms with Gasteiger partial charge in [-0.1, -0.05) is 54.1 Å². The van der Waals surface area contributed by atoms with Crippen LogP contribution >= 0.6 is 11.6 Å². The normalized spacial score (nSPS) is 12.2. The predicted molar refractivity (Wildman–Crippen MR) is 115 cm³/mol. The van der Waals surface area contributed by atoms with Crippen molar-refractivity contribution in [1.29, 1.82) is 0 Å². The van der Waals surface area contributed by atoms with Crippen molar-refractivity contribution in [2.24, 2.45) is 5.73 Å². The topological polar surface area (TPSA) is 48.0 Å². The number of nitrogens with two attached hydrogens (primary N) is 1. The monoisotopic (exact) mass is 406 g/mol. The molecule has 1 atom stereocenters. The summed E-state index contributed by atoms with van der Waals surface area (Å²) in [4.78, 5) is 11.9. The van der Waals surface area contributed by atoms with E-state index in [-0.39, 0.29) is 24.1 Å². The van der Waals surface area contributed by atoms with Crippen LogP contribution in [0.5, 0.6) is 0 Å². The summed E-state index contributed by atoms with van der Waals surface area (Å²) < 4.78 is 15.4. The van der Waals surface area contributed by atoms with Crippen LogP contribution in [-0.2, 0) is 11.3 Å². The zero-order chi connectivity index (χ0) is 20.4. The molecule has 0 fully saturated rings. The molecule has 146 valence electrons. The van der Waals surface area contributed by atoms with Crippen molar-refractivity contribution in [1.82, 2.24) is 4.57 Å². The second-order valence-electron chi connectivity index (χ2n) is 7.13. The van der Waals surface area contributed by atoms with Crippen molar-refractivity contribution in [3.8, 4) is 0 Å². The highest BCUT2D eigenvalue weighted by Gasteiger charge is 2.22. The molecule has 4 aromatic rings. The molecule has 1 amide bonds. The quantitative estimate of drug-likeness (QED) is 0.452. The van der Waals surface area contributed by atoms with Gasteiger partial charge in [0.2, 0.25) is 5.91 Å². The minimum Gasteiger partial charge on any atom is -0.370 e. The van der Waals surface area contributed by atoms with Gasteiger partial charge in [0.15, 0.2) is 0 Å². The SMILES string of the molecule is NC(=O)C[C@@H](c1cccc(Cl)c1)c1cn(Cc2ccc(F)cc2)c2ccccc12. The van der Waals surface area contributed by atoms with Crippen molar-refractivity contribution in [2.75, 3.05) is 0 Å². The van der Waals surface area contributed by atoms with Crippen LogP contribution in [0.3, 0.4) is 0 Å². The lowest BCUT2D eigenvalue weighted by atomic mass is 9.88. The third-order valence-electron chi connectivity index (χ3n) is 5.12. The molecule has 1 aromatic heterocycles. The number of hydrogen-bond acceptors (Lipinski definition) is 1. The van der Waals surface area contributed by atoms with Crippen LogP contribution in [0.4, 0.5) is 4.39 Å². The Balaban J connectivity index is 1.83. The Morgan fingerprint density at radius 1 is 1.03 bits per heavy atom. The van der Waals surface area contributed by atoms with E-state index in [1.165, 1.54) is 12.1 Å².